The minimum absolute atomic E-state index is 0.0645. The highest BCUT2D eigenvalue weighted by atomic mass is 79.9. The maximum atomic E-state index is 12.5. The summed E-state index contributed by atoms with van der Waals surface area (Å²) in [7, 11) is 0. The van der Waals surface area contributed by atoms with E-state index in [1.165, 1.54) is 5.56 Å². The molecule has 0 aromatic heterocycles. The lowest BCUT2D eigenvalue weighted by atomic mass is 10.2. The second-order valence-corrected chi connectivity index (χ2v) is 9.08. The summed E-state index contributed by atoms with van der Waals surface area (Å²) in [6.45, 7) is 2.08. The number of amides is 2. The third kappa shape index (κ3) is 8.54. The number of hydrogen-bond acceptors (Lipinski definition) is 5. The second-order valence-electron chi connectivity index (χ2n) is 7.38. The Hall–Kier alpha value is -3.14. The summed E-state index contributed by atoms with van der Waals surface area (Å²) < 4.78 is 11.9. The van der Waals surface area contributed by atoms with Crippen LogP contribution in [0, 0.1) is 6.92 Å². The lowest BCUT2D eigenvalue weighted by Crippen LogP contribution is -2.49. The highest BCUT2D eigenvalue weighted by molar-refractivity contribution is 9.10. The Balaban J connectivity index is 1.41. The van der Waals surface area contributed by atoms with Crippen molar-refractivity contribution in [1.29, 1.82) is 0 Å². The van der Waals surface area contributed by atoms with Crippen LogP contribution in [0.4, 0.5) is 0 Å². The van der Waals surface area contributed by atoms with Crippen LogP contribution in [0.15, 0.2) is 71.2 Å². The third-order valence-corrected chi connectivity index (χ3v) is 5.78. The van der Waals surface area contributed by atoms with Crippen molar-refractivity contribution in [2.24, 2.45) is 0 Å². The van der Waals surface area contributed by atoms with Crippen molar-refractivity contribution in [3.63, 3.8) is 0 Å². The Bertz CT molecular complexity index is 1210. The lowest BCUT2D eigenvalue weighted by Gasteiger charge is -2.13. The van der Waals surface area contributed by atoms with Crippen LogP contribution in [0.25, 0.3) is 0 Å². The molecule has 182 valence electrons. The number of carbonyl (C=O) groups excluding carboxylic acids is 2. The van der Waals surface area contributed by atoms with Crippen LogP contribution >= 0.6 is 39.7 Å². The molecule has 0 unspecified atom stereocenters. The number of hydrogen-bond donors (Lipinski definition) is 3. The fourth-order valence-electron chi connectivity index (χ4n) is 2.97. The Morgan fingerprint density at radius 1 is 0.971 bits per heavy atom. The van der Waals surface area contributed by atoms with Gasteiger partial charge in [-0.15, -0.1) is 0 Å². The molecule has 0 saturated carbocycles. The highest BCUT2D eigenvalue weighted by Crippen LogP contribution is 2.26. The van der Waals surface area contributed by atoms with Gasteiger partial charge in [0.1, 0.15) is 11.5 Å². The molecular weight excluding hydrogens is 554 g/mol. The first-order valence-corrected chi connectivity index (χ1v) is 12.1. The number of thiocarbonyl (C=S) groups is 1. The highest BCUT2D eigenvalue weighted by Gasteiger charge is 2.12. The molecule has 2 amide bonds. The van der Waals surface area contributed by atoms with E-state index in [2.05, 4.69) is 32.1 Å². The maximum Gasteiger partial charge on any atom is 0.276 e. The van der Waals surface area contributed by atoms with Gasteiger partial charge in [-0.05, 0) is 82.6 Å². The molecule has 10 heteroatoms. The summed E-state index contributed by atoms with van der Waals surface area (Å²) in [6, 6.07) is 20.1. The van der Waals surface area contributed by atoms with Gasteiger partial charge in [0.15, 0.2) is 11.7 Å². The molecule has 3 aromatic rings. The van der Waals surface area contributed by atoms with Crippen LogP contribution in [-0.2, 0) is 11.2 Å². The zero-order valence-electron chi connectivity index (χ0n) is 18.8. The standard InChI is InChI=1S/C25H23BrClN3O4S/c1-16-13-19(27)8-10-21(16)34-15-23(31)29-30-25(35)28-24(32)18-7-9-22(20(26)14-18)33-12-11-17-5-3-2-4-6-17/h2-10,13-14H,11-12,15H2,1H3,(H,29,31)(H2,28,30,32,35). The number of carbonyl (C=O) groups is 2. The van der Waals surface area contributed by atoms with Gasteiger partial charge in [0.25, 0.3) is 11.8 Å². The molecule has 3 N–H and O–H groups in total. The number of rotatable bonds is 8. The van der Waals surface area contributed by atoms with E-state index in [-0.39, 0.29) is 11.7 Å². The van der Waals surface area contributed by atoms with Gasteiger partial charge in [0.2, 0.25) is 0 Å². The number of ether oxygens (including phenoxy) is 2. The van der Waals surface area contributed by atoms with Gasteiger partial charge in [0.05, 0.1) is 11.1 Å². The summed E-state index contributed by atoms with van der Waals surface area (Å²) >= 11 is 14.4. The topological polar surface area (TPSA) is 88.7 Å². The van der Waals surface area contributed by atoms with Crippen molar-refractivity contribution in [2.45, 2.75) is 13.3 Å². The maximum absolute atomic E-state index is 12.5. The lowest BCUT2D eigenvalue weighted by molar-refractivity contribution is -0.123. The largest absolute Gasteiger partial charge is 0.492 e. The molecule has 0 spiro atoms. The molecule has 3 rings (SSSR count). The summed E-state index contributed by atoms with van der Waals surface area (Å²) in [5.74, 6) is 0.247. The van der Waals surface area contributed by atoms with Crippen molar-refractivity contribution < 1.29 is 19.1 Å². The van der Waals surface area contributed by atoms with Crippen molar-refractivity contribution in [3.8, 4) is 11.5 Å². The molecule has 0 fully saturated rings. The number of benzene rings is 3. The Morgan fingerprint density at radius 2 is 1.71 bits per heavy atom. The third-order valence-electron chi connectivity index (χ3n) is 4.72. The molecule has 0 bridgehead atoms. The molecule has 0 aliphatic rings. The molecule has 0 aliphatic carbocycles. The van der Waals surface area contributed by atoms with Crippen LogP contribution in [-0.4, -0.2) is 30.1 Å². The Morgan fingerprint density at radius 3 is 2.43 bits per heavy atom. The van der Waals surface area contributed by atoms with E-state index >= 15 is 0 Å². The summed E-state index contributed by atoms with van der Waals surface area (Å²) in [5, 5.41) is 3.02. The zero-order chi connectivity index (χ0) is 25.2. The van der Waals surface area contributed by atoms with E-state index < -0.39 is 11.8 Å². The van der Waals surface area contributed by atoms with E-state index in [1.54, 1.807) is 36.4 Å². The molecule has 35 heavy (non-hydrogen) atoms. The predicted molar refractivity (Wildman–Crippen MR) is 143 cm³/mol. The van der Waals surface area contributed by atoms with E-state index in [0.717, 1.165) is 12.0 Å². The molecule has 0 radical (unpaired) electrons. The molecule has 0 aliphatic heterocycles. The van der Waals surface area contributed by atoms with Crippen LogP contribution in [0.5, 0.6) is 11.5 Å². The van der Waals surface area contributed by atoms with E-state index in [4.69, 9.17) is 33.3 Å². The van der Waals surface area contributed by atoms with Gasteiger partial charge in [0, 0.05) is 17.0 Å². The second kappa shape index (κ2) is 13.1. The Labute approximate surface area is 222 Å². The molecule has 3 aromatic carbocycles. The summed E-state index contributed by atoms with van der Waals surface area (Å²) in [5.41, 5.74) is 7.20. The fraction of sp³-hybridized carbons (Fsp3) is 0.160. The molecule has 0 saturated heterocycles. The van der Waals surface area contributed by atoms with Crippen LogP contribution < -0.4 is 25.6 Å². The quantitative estimate of drug-likeness (QED) is 0.265. The number of aryl methyl sites for hydroxylation is 1. The first-order valence-electron chi connectivity index (χ1n) is 10.6. The van der Waals surface area contributed by atoms with Crippen LogP contribution in [0.1, 0.15) is 21.5 Å². The van der Waals surface area contributed by atoms with Crippen LogP contribution in [0.3, 0.4) is 0 Å². The van der Waals surface area contributed by atoms with Crippen molar-refractivity contribution in [2.75, 3.05) is 13.2 Å². The predicted octanol–water partition coefficient (Wildman–Crippen LogP) is 4.75. The van der Waals surface area contributed by atoms with E-state index in [1.807, 2.05) is 37.3 Å². The van der Waals surface area contributed by atoms with Gasteiger partial charge in [-0.2, -0.15) is 0 Å². The van der Waals surface area contributed by atoms with Crippen molar-refractivity contribution in [1.82, 2.24) is 16.2 Å². The average molecular weight is 577 g/mol. The summed E-state index contributed by atoms with van der Waals surface area (Å²) in [6.07, 6.45) is 0.769. The van der Waals surface area contributed by atoms with Crippen molar-refractivity contribution in [3.05, 3.63) is 92.9 Å². The smallest absolute Gasteiger partial charge is 0.276 e. The Kier molecular flexibility index (Phi) is 9.89. The van der Waals surface area contributed by atoms with Gasteiger partial charge in [-0.1, -0.05) is 41.9 Å². The van der Waals surface area contributed by atoms with Gasteiger partial charge in [-0.3, -0.25) is 25.8 Å². The minimum Gasteiger partial charge on any atom is -0.492 e. The van der Waals surface area contributed by atoms with Crippen LogP contribution in [0.2, 0.25) is 5.02 Å². The first-order chi connectivity index (χ1) is 16.8. The average Bonchev–Trinajstić information content (AvgIpc) is 2.83. The normalized spacial score (nSPS) is 10.3. The number of nitrogens with one attached hydrogen (secondary N) is 3. The molecular formula is C25H23BrClN3O4S. The SMILES string of the molecule is Cc1cc(Cl)ccc1OCC(=O)NNC(=S)NC(=O)c1ccc(OCCc2ccccc2)c(Br)c1. The molecule has 0 heterocycles. The van der Waals surface area contributed by atoms with Gasteiger partial charge >= 0.3 is 0 Å². The first kappa shape index (κ1) is 26.5. The molecule has 7 nitrogen and oxygen atoms in total. The van der Waals surface area contributed by atoms with E-state index in [0.29, 0.717) is 33.2 Å². The molecule has 0 atom stereocenters. The monoisotopic (exact) mass is 575 g/mol. The fourth-order valence-corrected chi connectivity index (χ4v) is 3.83. The minimum atomic E-state index is -0.476. The van der Waals surface area contributed by atoms with Gasteiger partial charge in [-0.25, -0.2) is 0 Å². The number of halogens is 2. The summed E-state index contributed by atoms with van der Waals surface area (Å²) in [4.78, 5) is 24.5. The van der Waals surface area contributed by atoms with Crippen molar-refractivity contribution >= 4 is 56.7 Å². The number of hydrazine groups is 1. The van der Waals surface area contributed by atoms with Gasteiger partial charge < -0.3 is 9.47 Å². The van der Waals surface area contributed by atoms with E-state index in [9.17, 15) is 9.59 Å². The zero-order valence-corrected chi connectivity index (χ0v) is 21.9.